The quantitative estimate of drug-likeness (QED) is 0.498. The highest BCUT2D eigenvalue weighted by molar-refractivity contribution is 5.80. The van der Waals surface area contributed by atoms with Gasteiger partial charge in [0.2, 0.25) is 0 Å². The third kappa shape index (κ3) is 6.95. The van der Waals surface area contributed by atoms with Gasteiger partial charge in [0.1, 0.15) is 0 Å². The highest BCUT2D eigenvalue weighted by Crippen LogP contribution is 2.20. The Bertz CT molecular complexity index is 597. The van der Waals surface area contributed by atoms with Crippen LogP contribution >= 0.6 is 0 Å². The van der Waals surface area contributed by atoms with Gasteiger partial charge in [0.05, 0.1) is 6.10 Å². The highest BCUT2D eigenvalue weighted by atomic mass is 19.1. The van der Waals surface area contributed by atoms with Gasteiger partial charge in [0.25, 0.3) is 0 Å². The third-order valence-corrected chi connectivity index (χ3v) is 4.59. The second kappa shape index (κ2) is 11.0. The van der Waals surface area contributed by atoms with Crippen molar-refractivity contribution >= 4 is 11.8 Å². The Morgan fingerprint density at radius 1 is 1.52 bits per heavy atom. The molecular formula is C19H33FN6O. The maximum atomic E-state index is 13.9. The van der Waals surface area contributed by atoms with Crippen molar-refractivity contribution in [1.29, 1.82) is 0 Å². The normalized spacial score (nSPS) is 18.8. The minimum atomic E-state index is -0.277. The average molecular weight is 381 g/mol. The molecular weight excluding hydrogens is 347 g/mol. The molecule has 2 N–H and O–H groups in total. The average Bonchev–Trinajstić information content (AvgIpc) is 3.11. The molecule has 1 aromatic heterocycles. The van der Waals surface area contributed by atoms with Crippen LogP contribution in [-0.4, -0.2) is 81.9 Å². The molecule has 0 aliphatic carbocycles. The van der Waals surface area contributed by atoms with E-state index in [2.05, 4.69) is 39.6 Å². The molecule has 8 heteroatoms. The van der Waals surface area contributed by atoms with Crippen LogP contribution in [0.5, 0.6) is 0 Å². The smallest absolute Gasteiger partial charge is 0.191 e. The number of aliphatic imine (C=N–C) groups is 1. The topological polar surface area (TPSA) is 65.0 Å². The molecule has 0 saturated carbocycles. The SMILES string of the molecule is CCOC(CCN(C)C)CNC(=NC)NC1CCN(c2ncccc2F)C1. The molecule has 2 heterocycles. The predicted molar refractivity (Wildman–Crippen MR) is 108 cm³/mol. The third-order valence-electron chi connectivity index (χ3n) is 4.59. The van der Waals surface area contributed by atoms with Crippen molar-refractivity contribution in [2.75, 3.05) is 58.8 Å². The zero-order valence-corrected chi connectivity index (χ0v) is 16.9. The Morgan fingerprint density at radius 2 is 2.33 bits per heavy atom. The molecule has 0 spiro atoms. The van der Waals surface area contributed by atoms with Crippen LogP contribution in [0.3, 0.4) is 0 Å². The first-order valence-electron chi connectivity index (χ1n) is 9.62. The fraction of sp³-hybridized carbons (Fsp3) is 0.684. The summed E-state index contributed by atoms with van der Waals surface area (Å²) in [6.45, 7) is 5.86. The van der Waals surface area contributed by atoms with Crippen LogP contribution < -0.4 is 15.5 Å². The number of ether oxygens (including phenoxy) is 1. The van der Waals surface area contributed by atoms with Crippen molar-refractivity contribution in [2.45, 2.75) is 31.9 Å². The maximum Gasteiger partial charge on any atom is 0.191 e. The molecule has 1 saturated heterocycles. The van der Waals surface area contributed by atoms with E-state index in [1.54, 1.807) is 19.3 Å². The number of halogens is 1. The summed E-state index contributed by atoms with van der Waals surface area (Å²) < 4.78 is 19.7. The van der Waals surface area contributed by atoms with Crippen LogP contribution in [-0.2, 0) is 4.74 Å². The zero-order chi connectivity index (χ0) is 19.6. The van der Waals surface area contributed by atoms with E-state index in [9.17, 15) is 4.39 Å². The van der Waals surface area contributed by atoms with Gasteiger partial charge in [-0.15, -0.1) is 0 Å². The van der Waals surface area contributed by atoms with E-state index in [0.717, 1.165) is 31.9 Å². The van der Waals surface area contributed by atoms with Crippen LogP contribution in [0.15, 0.2) is 23.3 Å². The molecule has 1 aromatic rings. The van der Waals surface area contributed by atoms with Crippen LogP contribution in [0.2, 0.25) is 0 Å². The number of nitrogens with zero attached hydrogens (tertiary/aromatic N) is 4. The second-order valence-electron chi connectivity index (χ2n) is 7.01. The van der Waals surface area contributed by atoms with Gasteiger partial charge in [-0.2, -0.15) is 0 Å². The summed E-state index contributed by atoms with van der Waals surface area (Å²) in [6.07, 6.45) is 3.63. The molecule has 0 radical (unpaired) electrons. The molecule has 2 unspecified atom stereocenters. The number of guanidine groups is 1. The lowest BCUT2D eigenvalue weighted by atomic mass is 10.2. The first-order valence-corrected chi connectivity index (χ1v) is 9.62. The van der Waals surface area contributed by atoms with E-state index < -0.39 is 0 Å². The van der Waals surface area contributed by atoms with E-state index in [-0.39, 0.29) is 18.0 Å². The summed E-state index contributed by atoms with van der Waals surface area (Å²) in [5.74, 6) is 0.892. The molecule has 1 aliphatic rings. The summed E-state index contributed by atoms with van der Waals surface area (Å²) in [7, 11) is 5.89. The largest absolute Gasteiger partial charge is 0.377 e. The molecule has 1 fully saturated rings. The van der Waals surface area contributed by atoms with Gasteiger partial charge in [-0.3, -0.25) is 4.99 Å². The van der Waals surface area contributed by atoms with Crippen LogP contribution in [0, 0.1) is 5.82 Å². The Labute approximate surface area is 162 Å². The number of anilines is 1. The van der Waals surface area contributed by atoms with Crippen molar-refractivity contribution in [2.24, 2.45) is 4.99 Å². The fourth-order valence-electron chi connectivity index (χ4n) is 3.16. The molecule has 0 bridgehead atoms. The van der Waals surface area contributed by atoms with Crippen LogP contribution in [0.1, 0.15) is 19.8 Å². The predicted octanol–water partition coefficient (Wildman–Crippen LogP) is 1.32. The maximum absolute atomic E-state index is 13.9. The van der Waals surface area contributed by atoms with E-state index in [0.29, 0.717) is 25.5 Å². The lowest BCUT2D eigenvalue weighted by Crippen LogP contribution is -2.47. The van der Waals surface area contributed by atoms with Crippen LogP contribution in [0.25, 0.3) is 0 Å². The Morgan fingerprint density at radius 3 is 3.00 bits per heavy atom. The van der Waals surface area contributed by atoms with Crippen molar-refractivity contribution in [1.82, 2.24) is 20.5 Å². The van der Waals surface area contributed by atoms with E-state index in [1.807, 2.05) is 11.8 Å². The van der Waals surface area contributed by atoms with Crippen molar-refractivity contribution in [3.05, 3.63) is 24.1 Å². The molecule has 2 rings (SSSR count). The number of hydrogen-bond acceptors (Lipinski definition) is 5. The lowest BCUT2D eigenvalue weighted by molar-refractivity contribution is 0.0548. The van der Waals surface area contributed by atoms with Crippen LogP contribution in [0.4, 0.5) is 10.2 Å². The summed E-state index contributed by atoms with van der Waals surface area (Å²) in [6, 6.07) is 3.26. The van der Waals surface area contributed by atoms with Crippen molar-refractivity contribution in [3.63, 3.8) is 0 Å². The van der Waals surface area contributed by atoms with Gasteiger partial charge in [0, 0.05) is 52.1 Å². The highest BCUT2D eigenvalue weighted by Gasteiger charge is 2.26. The number of pyridine rings is 1. The standard InChI is InChI=1S/C19H33FN6O/c1-5-27-16(9-11-25(3)4)13-23-19(21-2)24-15-8-12-26(14-15)18-17(20)7-6-10-22-18/h6-7,10,15-16H,5,8-9,11-14H2,1-4H3,(H2,21,23,24). The van der Waals surface area contributed by atoms with Gasteiger partial charge in [-0.25, -0.2) is 9.37 Å². The van der Waals surface area contributed by atoms with E-state index in [1.165, 1.54) is 6.07 Å². The monoisotopic (exact) mass is 380 g/mol. The van der Waals surface area contributed by atoms with Crippen molar-refractivity contribution < 1.29 is 9.13 Å². The molecule has 2 atom stereocenters. The molecule has 152 valence electrons. The van der Waals surface area contributed by atoms with E-state index >= 15 is 0 Å². The molecule has 27 heavy (non-hydrogen) atoms. The second-order valence-corrected chi connectivity index (χ2v) is 7.01. The summed E-state index contributed by atoms with van der Waals surface area (Å²) in [5.41, 5.74) is 0. The van der Waals surface area contributed by atoms with Gasteiger partial charge in [-0.1, -0.05) is 0 Å². The summed E-state index contributed by atoms with van der Waals surface area (Å²) in [5, 5.41) is 6.79. The molecule has 1 aliphatic heterocycles. The summed E-state index contributed by atoms with van der Waals surface area (Å²) >= 11 is 0. The summed E-state index contributed by atoms with van der Waals surface area (Å²) in [4.78, 5) is 12.6. The number of hydrogen-bond donors (Lipinski definition) is 2. The van der Waals surface area contributed by atoms with Gasteiger partial charge in [0.15, 0.2) is 17.6 Å². The zero-order valence-electron chi connectivity index (χ0n) is 16.9. The van der Waals surface area contributed by atoms with E-state index in [4.69, 9.17) is 4.74 Å². The number of nitrogens with one attached hydrogen (secondary N) is 2. The van der Waals surface area contributed by atoms with Crippen molar-refractivity contribution in [3.8, 4) is 0 Å². The van der Waals surface area contributed by atoms with Gasteiger partial charge >= 0.3 is 0 Å². The first kappa shape index (κ1) is 21.4. The Kier molecular flexibility index (Phi) is 8.74. The first-order chi connectivity index (χ1) is 13.0. The van der Waals surface area contributed by atoms with Gasteiger partial charge < -0.3 is 25.2 Å². The number of rotatable bonds is 9. The minimum Gasteiger partial charge on any atom is -0.377 e. The Balaban J connectivity index is 1.82. The Hall–Kier alpha value is -1.93. The lowest BCUT2D eigenvalue weighted by Gasteiger charge is -2.23. The molecule has 0 aromatic carbocycles. The fourth-order valence-corrected chi connectivity index (χ4v) is 3.16. The van der Waals surface area contributed by atoms with Gasteiger partial charge in [-0.05, 0) is 46.0 Å². The number of aromatic nitrogens is 1. The molecule has 7 nitrogen and oxygen atoms in total. The molecule has 0 amide bonds. The minimum absolute atomic E-state index is 0.138.